The molecule has 0 bridgehead atoms. The maximum absolute atomic E-state index is 12.3. The lowest BCUT2D eigenvalue weighted by Crippen LogP contribution is -2.23. The van der Waals surface area contributed by atoms with Crippen LogP contribution < -0.4 is 5.32 Å². The van der Waals surface area contributed by atoms with Gasteiger partial charge in [0.15, 0.2) is 0 Å². The van der Waals surface area contributed by atoms with Crippen molar-refractivity contribution in [2.45, 2.75) is 19.8 Å². The van der Waals surface area contributed by atoms with Crippen LogP contribution in [0.1, 0.15) is 19.8 Å². The van der Waals surface area contributed by atoms with Gasteiger partial charge in [-0.05, 0) is 30.5 Å². The smallest absolute Gasteiger partial charge is 0.227 e. The van der Waals surface area contributed by atoms with E-state index in [0.29, 0.717) is 6.61 Å². The third-order valence-corrected chi connectivity index (χ3v) is 3.56. The first-order valence-electron chi connectivity index (χ1n) is 7.39. The normalized spacial score (nSPS) is 11.9. The summed E-state index contributed by atoms with van der Waals surface area (Å²) < 4.78 is 5.06. The number of nitrogens with zero attached hydrogens (tertiary/aromatic N) is 2. The lowest BCUT2D eigenvalue weighted by molar-refractivity contribution is -0.120. The molecule has 5 heteroatoms. The molecule has 1 aromatic heterocycles. The van der Waals surface area contributed by atoms with Crippen molar-refractivity contribution in [2.75, 3.05) is 19.0 Å². The van der Waals surface area contributed by atoms with Gasteiger partial charge in [0, 0.05) is 43.3 Å². The van der Waals surface area contributed by atoms with E-state index in [1.807, 2.05) is 31.2 Å². The Morgan fingerprint density at radius 2 is 2.05 bits per heavy atom. The van der Waals surface area contributed by atoms with Crippen LogP contribution in [0.5, 0.6) is 0 Å². The topological polar surface area (TPSA) is 64.1 Å². The van der Waals surface area contributed by atoms with Crippen molar-refractivity contribution in [1.82, 2.24) is 9.97 Å². The van der Waals surface area contributed by atoms with Crippen molar-refractivity contribution in [3.63, 3.8) is 0 Å². The van der Waals surface area contributed by atoms with Gasteiger partial charge < -0.3 is 10.1 Å². The molecular formula is C17H21N3O2. The van der Waals surface area contributed by atoms with Gasteiger partial charge in [-0.25, -0.2) is 9.97 Å². The van der Waals surface area contributed by atoms with Crippen LogP contribution in [0, 0.1) is 5.92 Å². The summed E-state index contributed by atoms with van der Waals surface area (Å²) in [6, 6.07) is 7.69. The van der Waals surface area contributed by atoms with Gasteiger partial charge in [0.2, 0.25) is 5.91 Å². The van der Waals surface area contributed by atoms with Crippen LogP contribution in [0.2, 0.25) is 0 Å². The highest BCUT2D eigenvalue weighted by atomic mass is 16.5. The molecule has 0 saturated carbocycles. The van der Waals surface area contributed by atoms with E-state index < -0.39 is 0 Å². The second kappa shape index (κ2) is 8.24. The number of benzene rings is 1. The van der Waals surface area contributed by atoms with Gasteiger partial charge in [0.1, 0.15) is 6.33 Å². The maximum atomic E-state index is 12.3. The molecule has 1 heterocycles. The molecule has 5 nitrogen and oxygen atoms in total. The monoisotopic (exact) mass is 299 g/mol. The molecule has 0 aliphatic heterocycles. The molecule has 2 rings (SSSR count). The van der Waals surface area contributed by atoms with Gasteiger partial charge >= 0.3 is 0 Å². The molecular weight excluding hydrogens is 278 g/mol. The zero-order valence-corrected chi connectivity index (χ0v) is 13.0. The van der Waals surface area contributed by atoms with Crippen molar-refractivity contribution in [1.29, 1.82) is 0 Å². The molecule has 0 saturated heterocycles. The van der Waals surface area contributed by atoms with Crippen molar-refractivity contribution >= 4 is 11.6 Å². The molecule has 0 spiro atoms. The Bertz CT molecular complexity index is 602. The van der Waals surface area contributed by atoms with Crippen LogP contribution in [-0.2, 0) is 9.53 Å². The van der Waals surface area contributed by atoms with Crippen molar-refractivity contribution in [2.24, 2.45) is 5.92 Å². The van der Waals surface area contributed by atoms with E-state index in [2.05, 4.69) is 15.3 Å². The van der Waals surface area contributed by atoms with Crippen LogP contribution >= 0.6 is 0 Å². The highest BCUT2D eigenvalue weighted by Gasteiger charge is 2.16. The SMILES string of the molecule is CCC(CCOC)C(=O)Nc1cccc(-c2cncnc2)c1. The second-order valence-electron chi connectivity index (χ2n) is 5.08. The number of rotatable bonds is 7. The number of amides is 1. The predicted octanol–water partition coefficient (Wildman–Crippen LogP) is 3.14. The van der Waals surface area contributed by atoms with E-state index in [0.717, 1.165) is 29.7 Å². The Morgan fingerprint density at radius 1 is 1.27 bits per heavy atom. The molecule has 0 radical (unpaired) electrons. The van der Waals surface area contributed by atoms with Crippen molar-refractivity contribution < 1.29 is 9.53 Å². The maximum Gasteiger partial charge on any atom is 0.227 e. The Kier molecular flexibility index (Phi) is 6.03. The zero-order chi connectivity index (χ0) is 15.8. The molecule has 1 amide bonds. The number of hydrogen-bond donors (Lipinski definition) is 1. The molecule has 0 aliphatic carbocycles. The number of methoxy groups -OCH3 is 1. The number of carbonyl (C=O) groups is 1. The van der Waals surface area contributed by atoms with Gasteiger partial charge in [0.05, 0.1) is 0 Å². The molecule has 1 atom stereocenters. The Morgan fingerprint density at radius 3 is 2.73 bits per heavy atom. The Hall–Kier alpha value is -2.27. The van der Waals surface area contributed by atoms with Crippen LogP contribution in [0.4, 0.5) is 5.69 Å². The van der Waals surface area contributed by atoms with Gasteiger partial charge in [0.25, 0.3) is 0 Å². The van der Waals surface area contributed by atoms with E-state index in [9.17, 15) is 4.79 Å². The Labute approximate surface area is 130 Å². The van der Waals surface area contributed by atoms with Crippen molar-refractivity contribution in [3.05, 3.63) is 43.0 Å². The molecule has 0 aliphatic rings. The molecule has 2 aromatic rings. The van der Waals surface area contributed by atoms with Gasteiger partial charge in [-0.1, -0.05) is 19.1 Å². The van der Waals surface area contributed by atoms with Gasteiger partial charge in [-0.2, -0.15) is 0 Å². The average molecular weight is 299 g/mol. The van der Waals surface area contributed by atoms with E-state index >= 15 is 0 Å². The fourth-order valence-corrected chi connectivity index (χ4v) is 2.25. The van der Waals surface area contributed by atoms with Crippen LogP contribution in [0.3, 0.4) is 0 Å². The van der Waals surface area contributed by atoms with E-state index in [1.165, 1.54) is 6.33 Å². The fraction of sp³-hybridized carbons (Fsp3) is 0.353. The lowest BCUT2D eigenvalue weighted by Gasteiger charge is -2.15. The molecule has 1 unspecified atom stereocenters. The summed E-state index contributed by atoms with van der Waals surface area (Å²) in [6.07, 6.45) is 6.52. The minimum absolute atomic E-state index is 0.0287. The first kappa shape index (κ1) is 16.1. The first-order chi connectivity index (χ1) is 10.7. The number of aromatic nitrogens is 2. The molecule has 116 valence electrons. The number of hydrogen-bond acceptors (Lipinski definition) is 4. The fourth-order valence-electron chi connectivity index (χ4n) is 2.25. The number of ether oxygens (including phenoxy) is 1. The average Bonchev–Trinajstić information content (AvgIpc) is 2.56. The van der Waals surface area contributed by atoms with Crippen LogP contribution in [0.25, 0.3) is 11.1 Å². The van der Waals surface area contributed by atoms with E-state index in [1.54, 1.807) is 19.5 Å². The molecule has 0 fully saturated rings. The summed E-state index contributed by atoms with van der Waals surface area (Å²) in [5.41, 5.74) is 2.68. The minimum atomic E-state index is -0.0383. The first-order valence-corrected chi connectivity index (χ1v) is 7.39. The number of nitrogens with one attached hydrogen (secondary N) is 1. The molecule has 1 N–H and O–H groups in total. The summed E-state index contributed by atoms with van der Waals surface area (Å²) >= 11 is 0. The largest absolute Gasteiger partial charge is 0.385 e. The molecule has 1 aromatic carbocycles. The number of carbonyl (C=O) groups excluding carboxylic acids is 1. The highest BCUT2D eigenvalue weighted by molar-refractivity contribution is 5.93. The summed E-state index contributed by atoms with van der Waals surface area (Å²) in [7, 11) is 1.65. The van der Waals surface area contributed by atoms with Gasteiger partial charge in [-0.3, -0.25) is 4.79 Å². The summed E-state index contributed by atoms with van der Waals surface area (Å²) in [5.74, 6) is -0.00956. The lowest BCUT2D eigenvalue weighted by atomic mass is 10.0. The van der Waals surface area contributed by atoms with Crippen LogP contribution in [-0.4, -0.2) is 29.6 Å². The zero-order valence-electron chi connectivity index (χ0n) is 13.0. The number of anilines is 1. The minimum Gasteiger partial charge on any atom is -0.385 e. The van der Waals surface area contributed by atoms with E-state index in [4.69, 9.17) is 4.74 Å². The highest BCUT2D eigenvalue weighted by Crippen LogP contribution is 2.22. The third-order valence-electron chi connectivity index (χ3n) is 3.56. The van der Waals surface area contributed by atoms with Crippen molar-refractivity contribution in [3.8, 4) is 11.1 Å². The van der Waals surface area contributed by atoms with Crippen LogP contribution in [0.15, 0.2) is 43.0 Å². The quantitative estimate of drug-likeness (QED) is 0.853. The summed E-state index contributed by atoms with van der Waals surface area (Å²) in [4.78, 5) is 20.3. The van der Waals surface area contributed by atoms with Gasteiger partial charge in [-0.15, -0.1) is 0 Å². The Balaban J connectivity index is 2.08. The second-order valence-corrected chi connectivity index (χ2v) is 5.08. The molecule has 22 heavy (non-hydrogen) atoms. The third kappa shape index (κ3) is 4.36. The predicted molar refractivity (Wildman–Crippen MR) is 86.4 cm³/mol. The summed E-state index contributed by atoms with van der Waals surface area (Å²) in [5, 5.41) is 2.98. The standard InChI is InChI=1S/C17H21N3O2/c1-3-13(7-8-22-2)17(21)20-16-6-4-5-14(9-16)15-10-18-12-19-11-15/h4-6,9-13H,3,7-8H2,1-2H3,(H,20,21). The van der Waals surface area contributed by atoms with E-state index in [-0.39, 0.29) is 11.8 Å². The summed E-state index contributed by atoms with van der Waals surface area (Å²) in [6.45, 7) is 2.60.